The average Bonchev–Trinajstić information content (AvgIpc) is 2.45. The minimum absolute atomic E-state index is 0.390. The molecule has 100 valence electrons. The zero-order valence-corrected chi connectivity index (χ0v) is 10.9. The van der Waals surface area contributed by atoms with Crippen LogP contribution in [0.5, 0.6) is 0 Å². The number of nitrogens with one attached hydrogen (secondary N) is 1. The molecule has 1 aliphatic heterocycles. The molecule has 1 aromatic rings. The second kappa shape index (κ2) is 8.25. The average molecular weight is 249 g/mol. The molecule has 3 heteroatoms. The van der Waals surface area contributed by atoms with Gasteiger partial charge in [-0.15, -0.1) is 0 Å². The highest BCUT2D eigenvalue weighted by atomic mass is 16.7. The number of hydrogen-bond acceptors (Lipinski definition) is 3. The Labute approximate surface area is 109 Å². The molecular formula is C15H23NO2. The zero-order chi connectivity index (χ0) is 12.5. The molecule has 2 rings (SSSR count). The van der Waals surface area contributed by atoms with Crippen molar-refractivity contribution in [3.63, 3.8) is 0 Å². The van der Waals surface area contributed by atoms with Gasteiger partial charge < -0.3 is 14.8 Å². The van der Waals surface area contributed by atoms with Gasteiger partial charge in [-0.2, -0.15) is 0 Å². The molecule has 1 aromatic carbocycles. The summed E-state index contributed by atoms with van der Waals surface area (Å²) in [7, 11) is 0. The molecule has 1 atom stereocenters. The number of benzene rings is 1. The highest BCUT2D eigenvalue weighted by Crippen LogP contribution is 2.09. The summed E-state index contributed by atoms with van der Waals surface area (Å²) < 4.78 is 11.0. The topological polar surface area (TPSA) is 30.5 Å². The highest BCUT2D eigenvalue weighted by Gasteiger charge is 2.11. The maximum atomic E-state index is 5.50. The van der Waals surface area contributed by atoms with Gasteiger partial charge in [-0.05, 0) is 31.4 Å². The third kappa shape index (κ3) is 5.17. The third-order valence-corrected chi connectivity index (χ3v) is 3.30. The van der Waals surface area contributed by atoms with Crippen LogP contribution < -0.4 is 5.32 Å². The van der Waals surface area contributed by atoms with Crippen LogP contribution in [-0.2, 0) is 16.1 Å². The van der Waals surface area contributed by atoms with E-state index in [9.17, 15) is 0 Å². The van der Waals surface area contributed by atoms with Crippen molar-refractivity contribution in [1.82, 2.24) is 5.32 Å². The van der Waals surface area contributed by atoms with E-state index in [4.69, 9.17) is 9.47 Å². The molecule has 1 heterocycles. The molecular weight excluding hydrogens is 226 g/mol. The summed E-state index contributed by atoms with van der Waals surface area (Å²) in [5, 5.41) is 3.52. The molecule has 0 saturated carbocycles. The van der Waals surface area contributed by atoms with E-state index < -0.39 is 0 Å². The van der Waals surface area contributed by atoms with Crippen LogP contribution in [0.25, 0.3) is 0 Å². The molecule has 1 fully saturated rings. The fourth-order valence-electron chi connectivity index (χ4n) is 2.25. The highest BCUT2D eigenvalue weighted by molar-refractivity contribution is 5.13. The van der Waals surface area contributed by atoms with Crippen LogP contribution in [0.15, 0.2) is 30.3 Å². The predicted molar refractivity (Wildman–Crippen MR) is 72.3 cm³/mol. The summed E-state index contributed by atoms with van der Waals surface area (Å²) in [6.07, 6.45) is 5.04. The van der Waals surface area contributed by atoms with Gasteiger partial charge in [0.15, 0.2) is 0 Å². The SMILES string of the molecule is c1ccc(COCOCCC2CCCCN2)cc1. The molecule has 0 radical (unpaired) electrons. The van der Waals surface area contributed by atoms with E-state index in [1.165, 1.54) is 24.8 Å². The summed E-state index contributed by atoms with van der Waals surface area (Å²) in [4.78, 5) is 0. The van der Waals surface area contributed by atoms with Gasteiger partial charge in [0.1, 0.15) is 6.79 Å². The Morgan fingerprint density at radius 1 is 1.11 bits per heavy atom. The van der Waals surface area contributed by atoms with Gasteiger partial charge in [0.2, 0.25) is 0 Å². The summed E-state index contributed by atoms with van der Waals surface area (Å²) in [6, 6.07) is 10.8. The Hall–Kier alpha value is -0.900. The van der Waals surface area contributed by atoms with Gasteiger partial charge in [0, 0.05) is 6.04 Å². The van der Waals surface area contributed by atoms with Crippen LogP contribution in [0.4, 0.5) is 0 Å². The van der Waals surface area contributed by atoms with Crippen molar-refractivity contribution >= 4 is 0 Å². The van der Waals surface area contributed by atoms with Crippen molar-refractivity contribution in [3.05, 3.63) is 35.9 Å². The van der Waals surface area contributed by atoms with E-state index in [1.807, 2.05) is 18.2 Å². The van der Waals surface area contributed by atoms with Crippen LogP contribution in [-0.4, -0.2) is 26.0 Å². The van der Waals surface area contributed by atoms with Crippen molar-refractivity contribution < 1.29 is 9.47 Å². The van der Waals surface area contributed by atoms with Crippen molar-refractivity contribution in [3.8, 4) is 0 Å². The molecule has 18 heavy (non-hydrogen) atoms. The number of piperidine rings is 1. The van der Waals surface area contributed by atoms with Crippen molar-refractivity contribution in [2.45, 2.75) is 38.3 Å². The Bertz CT molecular complexity index is 310. The fourth-order valence-corrected chi connectivity index (χ4v) is 2.25. The minimum Gasteiger partial charge on any atom is -0.355 e. The first-order valence-corrected chi connectivity index (χ1v) is 6.88. The summed E-state index contributed by atoms with van der Waals surface area (Å²) in [5.74, 6) is 0. The smallest absolute Gasteiger partial charge is 0.147 e. The lowest BCUT2D eigenvalue weighted by molar-refractivity contribution is -0.0637. The maximum Gasteiger partial charge on any atom is 0.147 e. The zero-order valence-electron chi connectivity index (χ0n) is 10.9. The lowest BCUT2D eigenvalue weighted by Gasteiger charge is -2.23. The molecule has 0 aromatic heterocycles. The first-order valence-electron chi connectivity index (χ1n) is 6.88. The Morgan fingerprint density at radius 3 is 2.78 bits per heavy atom. The van der Waals surface area contributed by atoms with E-state index >= 15 is 0 Å². The first kappa shape index (κ1) is 13.5. The Kier molecular flexibility index (Phi) is 6.20. The normalized spacial score (nSPS) is 19.9. The van der Waals surface area contributed by atoms with E-state index in [0.717, 1.165) is 19.6 Å². The standard InChI is InChI=1S/C15H23NO2/c1-2-6-14(7-3-1)12-18-13-17-11-9-15-8-4-5-10-16-15/h1-3,6-7,15-16H,4-5,8-13H2. The second-order valence-corrected chi connectivity index (χ2v) is 4.80. The minimum atomic E-state index is 0.390. The molecule has 1 N–H and O–H groups in total. The molecule has 0 amide bonds. The van der Waals surface area contributed by atoms with E-state index in [1.54, 1.807) is 0 Å². The molecule has 0 aliphatic carbocycles. The van der Waals surface area contributed by atoms with E-state index in [0.29, 0.717) is 19.4 Å². The predicted octanol–water partition coefficient (Wildman–Crippen LogP) is 2.71. The van der Waals surface area contributed by atoms with E-state index in [-0.39, 0.29) is 0 Å². The van der Waals surface area contributed by atoms with Gasteiger partial charge in [-0.1, -0.05) is 36.8 Å². The van der Waals surface area contributed by atoms with Gasteiger partial charge >= 0.3 is 0 Å². The van der Waals surface area contributed by atoms with Gasteiger partial charge in [-0.25, -0.2) is 0 Å². The largest absolute Gasteiger partial charge is 0.355 e. The lowest BCUT2D eigenvalue weighted by Crippen LogP contribution is -2.34. The molecule has 0 bridgehead atoms. The molecule has 0 spiro atoms. The van der Waals surface area contributed by atoms with Gasteiger partial charge in [0.25, 0.3) is 0 Å². The molecule has 1 unspecified atom stereocenters. The molecule has 1 saturated heterocycles. The van der Waals surface area contributed by atoms with Crippen molar-refractivity contribution in [1.29, 1.82) is 0 Å². The number of hydrogen-bond donors (Lipinski definition) is 1. The van der Waals surface area contributed by atoms with E-state index in [2.05, 4.69) is 17.4 Å². The van der Waals surface area contributed by atoms with Gasteiger partial charge in [-0.3, -0.25) is 0 Å². The monoisotopic (exact) mass is 249 g/mol. The fraction of sp³-hybridized carbons (Fsp3) is 0.600. The summed E-state index contributed by atoms with van der Waals surface area (Å²) in [5.41, 5.74) is 1.19. The van der Waals surface area contributed by atoms with Crippen LogP contribution in [0.1, 0.15) is 31.2 Å². The number of rotatable bonds is 7. The van der Waals surface area contributed by atoms with Crippen LogP contribution in [0.2, 0.25) is 0 Å². The van der Waals surface area contributed by atoms with Gasteiger partial charge in [0.05, 0.1) is 13.2 Å². The lowest BCUT2D eigenvalue weighted by atomic mass is 10.0. The number of ether oxygens (including phenoxy) is 2. The Morgan fingerprint density at radius 2 is 2.00 bits per heavy atom. The summed E-state index contributed by atoms with van der Waals surface area (Å²) in [6.45, 7) is 2.96. The van der Waals surface area contributed by atoms with Crippen LogP contribution >= 0.6 is 0 Å². The third-order valence-electron chi connectivity index (χ3n) is 3.30. The first-order chi connectivity index (χ1) is 8.95. The second-order valence-electron chi connectivity index (χ2n) is 4.80. The van der Waals surface area contributed by atoms with Crippen molar-refractivity contribution in [2.24, 2.45) is 0 Å². The molecule has 3 nitrogen and oxygen atoms in total. The molecule has 1 aliphatic rings. The summed E-state index contributed by atoms with van der Waals surface area (Å²) >= 11 is 0. The van der Waals surface area contributed by atoms with Crippen molar-refractivity contribution in [2.75, 3.05) is 19.9 Å². The maximum absolute atomic E-state index is 5.50. The van der Waals surface area contributed by atoms with Crippen LogP contribution in [0, 0.1) is 0 Å². The van der Waals surface area contributed by atoms with Crippen LogP contribution in [0.3, 0.4) is 0 Å². The quantitative estimate of drug-likeness (QED) is 0.595. The Balaban J connectivity index is 1.46.